The lowest BCUT2D eigenvalue weighted by Crippen LogP contribution is -2.25. The topological polar surface area (TPSA) is 46.9 Å². The number of benzene rings is 1. The normalized spacial score (nSPS) is 14.4. The molecule has 4 nitrogen and oxygen atoms in total. The molecule has 4 heteroatoms. The maximum atomic E-state index is 12.2. The Morgan fingerprint density at radius 1 is 1.38 bits per heavy atom. The number of imidazole rings is 1. The number of hydrogen-bond acceptors (Lipinski definition) is 2. The minimum Gasteiger partial charge on any atom is -0.352 e. The molecule has 0 unspecified atom stereocenters. The highest BCUT2D eigenvalue weighted by Gasteiger charge is 2.15. The van der Waals surface area contributed by atoms with Gasteiger partial charge in [-0.2, -0.15) is 0 Å². The molecule has 0 saturated carbocycles. The summed E-state index contributed by atoms with van der Waals surface area (Å²) in [7, 11) is 0. The molecule has 112 valence electrons. The van der Waals surface area contributed by atoms with Crippen LogP contribution in [0, 0.1) is 5.92 Å². The third kappa shape index (κ3) is 2.94. The van der Waals surface area contributed by atoms with Crippen molar-refractivity contribution in [1.29, 1.82) is 0 Å². The number of carbonyl (C=O) groups is 1. The Morgan fingerprint density at radius 2 is 2.24 bits per heavy atom. The fraction of sp³-hybridized carbons (Fsp3) is 0.529. The highest BCUT2D eigenvalue weighted by atomic mass is 16.1. The molecule has 1 aliphatic heterocycles. The van der Waals surface area contributed by atoms with E-state index in [0.29, 0.717) is 11.5 Å². The molecule has 2 heterocycles. The zero-order valence-electron chi connectivity index (χ0n) is 12.9. The second-order valence-corrected chi connectivity index (χ2v) is 6.28. The molecule has 0 aliphatic carbocycles. The summed E-state index contributed by atoms with van der Waals surface area (Å²) in [6.45, 7) is 6.10. The average Bonchev–Trinajstić information content (AvgIpc) is 2.84. The van der Waals surface area contributed by atoms with Crippen LogP contribution in [0.2, 0.25) is 0 Å². The Bertz CT molecular complexity index is 657. The summed E-state index contributed by atoms with van der Waals surface area (Å²) in [6, 6.07) is 5.87. The summed E-state index contributed by atoms with van der Waals surface area (Å²) in [4.78, 5) is 16.9. The van der Waals surface area contributed by atoms with Crippen LogP contribution in [-0.2, 0) is 13.0 Å². The lowest BCUT2D eigenvalue weighted by molar-refractivity contribution is 0.0952. The lowest BCUT2D eigenvalue weighted by atomic mass is 10.1. The monoisotopic (exact) mass is 285 g/mol. The number of hydrogen-bond donors (Lipinski definition) is 1. The van der Waals surface area contributed by atoms with Gasteiger partial charge in [-0.3, -0.25) is 4.79 Å². The number of amides is 1. The van der Waals surface area contributed by atoms with Crippen molar-refractivity contribution in [1.82, 2.24) is 14.9 Å². The SMILES string of the molecule is CC(C)CCNC(=O)c1ccc2c(c1)nc1n2CCCC1. The first kappa shape index (κ1) is 14.1. The van der Waals surface area contributed by atoms with Gasteiger partial charge < -0.3 is 9.88 Å². The maximum absolute atomic E-state index is 12.2. The minimum atomic E-state index is 0.00326. The molecule has 0 radical (unpaired) electrons. The molecular weight excluding hydrogens is 262 g/mol. The molecule has 0 fully saturated rings. The average molecular weight is 285 g/mol. The van der Waals surface area contributed by atoms with Crippen LogP contribution in [0.15, 0.2) is 18.2 Å². The van der Waals surface area contributed by atoms with Crippen LogP contribution in [0.3, 0.4) is 0 Å². The zero-order valence-corrected chi connectivity index (χ0v) is 12.9. The Morgan fingerprint density at radius 3 is 3.05 bits per heavy atom. The Kier molecular flexibility index (Phi) is 3.95. The standard InChI is InChI=1S/C17H23N3O/c1-12(2)8-9-18-17(21)13-6-7-15-14(11-13)19-16-5-3-4-10-20(15)16/h6-7,11-12H,3-5,8-10H2,1-2H3,(H,18,21). The van der Waals surface area contributed by atoms with Crippen molar-refractivity contribution in [2.24, 2.45) is 5.92 Å². The Balaban J connectivity index is 1.79. The molecule has 0 bridgehead atoms. The maximum Gasteiger partial charge on any atom is 0.251 e. The van der Waals surface area contributed by atoms with Gasteiger partial charge in [0.05, 0.1) is 11.0 Å². The molecule has 21 heavy (non-hydrogen) atoms. The first-order valence-electron chi connectivity index (χ1n) is 7.92. The van der Waals surface area contributed by atoms with E-state index >= 15 is 0 Å². The van der Waals surface area contributed by atoms with Gasteiger partial charge in [-0.05, 0) is 43.4 Å². The number of nitrogens with one attached hydrogen (secondary N) is 1. The van der Waals surface area contributed by atoms with Gasteiger partial charge in [0.2, 0.25) is 0 Å². The van der Waals surface area contributed by atoms with E-state index in [2.05, 4.69) is 28.7 Å². The van der Waals surface area contributed by atoms with Crippen LogP contribution < -0.4 is 5.32 Å². The Labute approximate surface area is 125 Å². The van der Waals surface area contributed by atoms with Gasteiger partial charge in [0, 0.05) is 25.1 Å². The Hall–Kier alpha value is -1.84. The van der Waals surface area contributed by atoms with E-state index in [1.54, 1.807) is 0 Å². The quantitative estimate of drug-likeness (QED) is 0.938. The second kappa shape index (κ2) is 5.88. The molecule has 1 aliphatic rings. The summed E-state index contributed by atoms with van der Waals surface area (Å²) in [5, 5.41) is 2.98. The summed E-state index contributed by atoms with van der Waals surface area (Å²) in [5.74, 6) is 1.77. The van der Waals surface area contributed by atoms with E-state index in [9.17, 15) is 4.79 Å². The largest absolute Gasteiger partial charge is 0.352 e. The third-order valence-electron chi connectivity index (χ3n) is 4.13. The summed E-state index contributed by atoms with van der Waals surface area (Å²) < 4.78 is 2.29. The van der Waals surface area contributed by atoms with Gasteiger partial charge in [-0.25, -0.2) is 4.98 Å². The zero-order chi connectivity index (χ0) is 14.8. The minimum absolute atomic E-state index is 0.00326. The summed E-state index contributed by atoms with van der Waals surface area (Å²) in [6.07, 6.45) is 4.49. The molecule has 3 rings (SSSR count). The number of nitrogens with zero attached hydrogens (tertiary/aromatic N) is 2. The molecule has 2 aromatic rings. The molecule has 0 saturated heterocycles. The van der Waals surface area contributed by atoms with Crippen LogP contribution in [0.25, 0.3) is 11.0 Å². The first-order valence-corrected chi connectivity index (χ1v) is 7.92. The highest BCUT2D eigenvalue weighted by Crippen LogP contribution is 2.23. The van der Waals surface area contributed by atoms with Gasteiger partial charge >= 0.3 is 0 Å². The van der Waals surface area contributed by atoms with Crippen molar-refractivity contribution < 1.29 is 4.79 Å². The third-order valence-corrected chi connectivity index (χ3v) is 4.13. The number of carbonyl (C=O) groups excluding carboxylic acids is 1. The lowest BCUT2D eigenvalue weighted by Gasteiger charge is -2.13. The van der Waals surface area contributed by atoms with Crippen LogP contribution in [0.5, 0.6) is 0 Å². The van der Waals surface area contributed by atoms with Crippen molar-refractivity contribution in [3.8, 4) is 0 Å². The second-order valence-electron chi connectivity index (χ2n) is 6.28. The van der Waals surface area contributed by atoms with Crippen molar-refractivity contribution in [3.05, 3.63) is 29.6 Å². The van der Waals surface area contributed by atoms with E-state index < -0.39 is 0 Å². The van der Waals surface area contributed by atoms with Crippen molar-refractivity contribution in [3.63, 3.8) is 0 Å². The summed E-state index contributed by atoms with van der Waals surface area (Å²) >= 11 is 0. The molecule has 1 aromatic heterocycles. The number of rotatable bonds is 4. The van der Waals surface area contributed by atoms with Crippen LogP contribution in [0.1, 0.15) is 49.3 Å². The fourth-order valence-corrected chi connectivity index (χ4v) is 2.89. The molecule has 1 amide bonds. The molecule has 1 N–H and O–H groups in total. The van der Waals surface area contributed by atoms with Gasteiger partial charge in [-0.15, -0.1) is 0 Å². The van der Waals surface area contributed by atoms with Crippen LogP contribution in [-0.4, -0.2) is 22.0 Å². The summed E-state index contributed by atoms with van der Waals surface area (Å²) in [5.41, 5.74) is 2.81. The number of fused-ring (bicyclic) bond motifs is 3. The fourth-order valence-electron chi connectivity index (χ4n) is 2.89. The van der Waals surface area contributed by atoms with E-state index in [1.165, 1.54) is 12.8 Å². The number of aromatic nitrogens is 2. The smallest absolute Gasteiger partial charge is 0.251 e. The van der Waals surface area contributed by atoms with E-state index in [4.69, 9.17) is 0 Å². The van der Waals surface area contributed by atoms with Crippen molar-refractivity contribution >= 4 is 16.9 Å². The predicted octanol–water partition coefficient (Wildman–Crippen LogP) is 3.15. The van der Waals surface area contributed by atoms with Crippen LogP contribution >= 0.6 is 0 Å². The molecule has 1 aromatic carbocycles. The van der Waals surface area contributed by atoms with E-state index in [-0.39, 0.29) is 5.91 Å². The highest BCUT2D eigenvalue weighted by molar-refractivity contribution is 5.97. The molecule has 0 spiro atoms. The van der Waals surface area contributed by atoms with E-state index in [1.807, 2.05) is 18.2 Å². The van der Waals surface area contributed by atoms with Crippen molar-refractivity contribution in [2.75, 3.05) is 6.54 Å². The molecular formula is C17H23N3O. The van der Waals surface area contributed by atoms with Gasteiger partial charge in [0.25, 0.3) is 5.91 Å². The van der Waals surface area contributed by atoms with Crippen LogP contribution in [0.4, 0.5) is 0 Å². The van der Waals surface area contributed by atoms with Gasteiger partial charge in [-0.1, -0.05) is 13.8 Å². The van der Waals surface area contributed by atoms with Gasteiger partial charge in [0.15, 0.2) is 0 Å². The van der Waals surface area contributed by atoms with Gasteiger partial charge in [0.1, 0.15) is 5.82 Å². The predicted molar refractivity (Wildman–Crippen MR) is 84.5 cm³/mol. The number of aryl methyl sites for hydroxylation is 2. The van der Waals surface area contributed by atoms with Crippen molar-refractivity contribution in [2.45, 2.75) is 46.1 Å². The molecule has 0 atom stereocenters. The first-order chi connectivity index (χ1) is 10.1. The van der Waals surface area contributed by atoms with E-state index in [0.717, 1.165) is 42.8 Å².